The van der Waals surface area contributed by atoms with Crippen LogP contribution in [0.25, 0.3) is 10.9 Å². The normalized spacial score (nSPS) is 15.0. The number of aromatic hydroxyl groups is 1. The summed E-state index contributed by atoms with van der Waals surface area (Å²) in [6, 6.07) is 59.7. The van der Waals surface area contributed by atoms with E-state index in [1.54, 1.807) is 286 Å². The van der Waals surface area contributed by atoms with Crippen LogP contribution in [0, 0.1) is 0 Å². The van der Waals surface area contributed by atoms with Crippen LogP contribution in [0.2, 0.25) is 0 Å². The molecule has 0 radical (unpaired) electrons. The molecule has 13 aromatic rings. The van der Waals surface area contributed by atoms with Crippen LogP contribution in [0.4, 0.5) is 28.4 Å². The number of para-hydroxylation sites is 6. The van der Waals surface area contributed by atoms with Gasteiger partial charge in [-0.15, -0.1) is 4.58 Å². The first-order valence-electron chi connectivity index (χ1n) is 35.1. The van der Waals surface area contributed by atoms with Crippen molar-refractivity contribution in [3.05, 3.63) is 382 Å². The Morgan fingerprint density at radius 2 is 0.598 bits per heavy atom. The number of aryl methyl sites for hydroxylation is 4. The molecule has 0 atom stereocenters. The van der Waals surface area contributed by atoms with Crippen molar-refractivity contribution >= 4 is 109 Å². The van der Waals surface area contributed by atoms with Gasteiger partial charge in [-0.2, -0.15) is 0 Å². The molecular formula is C88H61N12O12+5. The lowest BCUT2D eigenvalue weighted by Crippen LogP contribution is -2.37. The highest BCUT2D eigenvalue weighted by Gasteiger charge is 2.51. The van der Waals surface area contributed by atoms with Crippen LogP contribution in [0.1, 0.15) is 120 Å². The molecule has 18 rings (SSSR count). The predicted molar refractivity (Wildman–Crippen MR) is 406 cm³/mol. The third-order valence-corrected chi connectivity index (χ3v) is 19.6. The number of carbonyl (C=O) groups is 11. The molecule has 0 fully saturated rings. The minimum Gasteiger partial charge on any atom is -0.505 e. The number of aromatic nitrogens is 7. The van der Waals surface area contributed by atoms with Crippen molar-refractivity contribution in [3.63, 3.8) is 0 Å². The van der Waals surface area contributed by atoms with Crippen molar-refractivity contribution in [1.82, 2.24) is 14.5 Å². The maximum Gasteiger partial charge on any atom is 0.425 e. The number of pyridine rings is 6. The lowest BCUT2D eigenvalue weighted by atomic mass is 10.1. The van der Waals surface area contributed by atoms with E-state index in [1.807, 2.05) is 28.2 Å². The molecule has 6 aromatic carbocycles. The fraction of sp³-hybridized carbons (Fsp3) is 0.0455. The number of fused-ring (bicyclic) bond motifs is 6. The largest absolute Gasteiger partial charge is 0.505 e. The van der Waals surface area contributed by atoms with Crippen molar-refractivity contribution < 1.29 is 80.7 Å². The molecule has 7 aromatic heterocycles. The molecule has 24 heteroatoms. The summed E-state index contributed by atoms with van der Waals surface area (Å²) in [7, 11) is 7.32. The van der Waals surface area contributed by atoms with E-state index in [1.165, 1.54) is 53.5 Å². The fourth-order valence-corrected chi connectivity index (χ4v) is 14.2. The van der Waals surface area contributed by atoms with Gasteiger partial charge in [-0.05, 0) is 91.0 Å². The molecular weight excluding hydrogens is 1420 g/mol. The molecule has 0 saturated heterocycles. The van der Waals surface area contributed by atoms with Crippen LogP contribution in [0.15, 0.2) is 316 Å². The standard InChI is InChI=1S/2C30H22N4O4.C28H16N4O4/c2*1-31-15-11-19(12-16-31)29(37)33-23-9-5-3-7-21(23)27(35)25(33)26-28(36)22-8-4-6-10-24(22)34(26)30(38)20-13-17-32(2)18-14-20;33-25-19-5-1-3-7-21(19)31(27(35)17-9-13-29-14-10-17)23(25)24-26(34)20-6-2-4-8-22(20)32(24)28(36)18-11-15-30-16-12-18/h2*3-18H,1-2H3;1-16H/q2*+2;/p+1/b2*26-25+;. The van der Waals surface area contributed by atoms with E-state index in [2.05, 4.69) is 9.97 Å². The van der Waals surface area contributed by atoms with E-state index >= 15 is 0 Å². The number of allylic oxidation sites excluding steroid dienone is 4. The molecule has 1 N–H and O–H groups in total. The zero-order chi connectivity index (χ0) is 77.9. The number of ketones is 5. The first-order chi connectivity index (χ1) is 54.3. The minimum atomic E-state index is -0.496. The van der Waals surface area contributed by atoms with E-state index in [0.29, 0.717) is 78.3 Å². The Bertz CT molecular complexity index is 5860. The Labute approximate surface area is 637 Å². The van der Waals surface area contributed by atoms with Gasteiger partial charge in [-0.1, -0.05) is 72.8 Å². The van der Waals surface area contributed by atoms with E-state index in [9.17, 15) is 57.8 Å². The van der Waals surface area contributed by atoms with Crippen molar-refractivity contribution in [3.8, 4) is 5.75 Å². The van der Waals surface area contributed by atoms with Gasteiger partial charge in [0, 0.05) is 113 Å². The summed E-state index contributed by atoms with van der Waals surface area (Å²) in [6.45, 7) is 0. The number of hydrogen-bond acceptors (Lipinski definition) is 14. The van der Waals surface area contributed by atoms with Gasteiger partial charge in [-0.25, -0.2) is 23.1 Å². The summed E-state index contributed by atoms with van der Waals surface area (Å²) in [5.74, 6) is -5.60. The van der Waals surface area contributed by atoms with Gasteiger partial charge in [0.25, 0.3) is 41.0 Å². The topological polar surface area (TPSA) is 270 Å². The van der Waals surface area contributed by atoms with Crippen molar-refractivity contribution in [1.29, 1.82) is 0 Å². The smallest absolute Gasteiger partial charge is 0.425 e. The summed E-state index contributed by atoms with van der Waals surface area (Å²) in [6.07, 6.45) is 19.8. The molecule has 12 heterocycles. The Morgan fingerprint density at radius 1 is 0.312 bits per heavy atom. The lowest BCUT2D eigenvalue weighted by Gasteiger charge is -2.24. The molecule has 24 nitrogen and oxygen atoms in total. The van der Waals surface area contributed by atoms with Gasteiger partial charge in [0.15, 0.2) is 61.0 Å². The summed E-state index contributed by atoms with van der Waals surface area (Å²) < 4.78 is 9.70. The Hall–Kier alpha value is -15.7. The number of amides is 5. The lowest BCUT2D eigenvalue weighted by molar-refractivity contribution is -0.671. The number of rotatable bonds is 7. The maximum absolute atomic E-state index is 13.9. The first-order valence-corrected chi connectivity index (χ1v) is 35.1. The third kappa shape index (κ3) is 11.9. The molecule has 5 aliphatic rings. The van der Waals surface area contributed by atoms with E-state index in [4.69, 9.17) is 0 Å². The maximum atomic E-state index is 13.9. The number of Topliss-reactive ketones (excluding diaryl/α,β-unsaturated/α-hetero) is 5. The summed E-state index contributed by atoms with van der Waals surface area (Å²) in [4.78, 5) is 165. The van der Waals surface area contributed by atoms with Crippen molar-refractivity contribution in [2.75, 3.05) is 19.6 Å². The molecule has 112 heavy (non-hydrogen) atoms. The Kier molecular flexibility index (Phi) is 18.0. The van der Waals surface area contributed by atoms with Crippen LogP contribution >= 0.6 is 0 Å². The zero-order valence-corrected chi connectivity index (χ0v) is 60.0. The van der Waals surface area contributed by atoms with Crippen LogP contribution in [0.5, 0.6) is 5.75 Å². The second-order valence-corrected chi connectivity index (χ2v) is 26.5. The van der Waals surface area contributed by atoms with Crippen LogP contribution in [-0.4, -0.2) is 94.3 Å². The quantitative estimate of drug-likeness (QED) is 0.115. The average molecular weight is 1480 g/mol. The van der Waals surface area contributed by atoms with Gasteiger partial charge in [0.1, 0.15) is 56.5 Å². The molecule has 0 saturated carbocycles. The predicted octanol–water partition coefficient (Wildman–Crippen LogP) is 9.86. The number of carbonyl (C=O) groups excluding carboxylic acids is 11. The number of benzene rings is 6. The summed E-state index contributed by atoms with van der Waals surface area (Å²) in [5, 5.41) is 11.8. The molecule has 0 unspecified atom stereocenters. The highest BCUT2D eigenvalue weighted by molar-refractivity contribution is 6.54. The van der Waals surface area contributed by atoms with Crippen molar-refractivity contribution in [2.45, 2.75) is 0 Å². The number of nitrogens with zero attached hydrogens (tertiary/aromatic N) is 12. The Morgan fingerprint density at radius 3 is 0.946 bits per heavy atom. The Balaban J connectivity index is 0.000000127. The average Bonchev–Trinajstić information content (AvgIpc) is 1.57. The molecule has 5 amide bonds. The monoisotopic (exact) mass is 1480 g/mol. The minimum absolute atomic E-state index is 0.0541. The molecule has 0 bridgehead atoms. The second-order valence-electron chi connectivity index (χ2n) is 26.5. The number of anilines is 4. The molecule has 540 valence electrons. The van der Waals surface area contributed by atoms with Gasteiger partial charge in [0.2, 0.25) is 28.8 Å². The van der Waals surface area contributed by atoms with Gasteiger partial charge >= 0.3 is 5.91 Å². The van der Waals surface area contributed by atoms with E-state index < -0.39 is 64.4 Å². The highest BCUT2D eigenvalue weighted by atomic mass is 16.3. The molecule has 0 spiro atoms. The van der Waals surface area contributed by atoms with Crippen LogP contribution in [0.3, 0.4) is 0 Å². The zero-order valence-electron chi connectivity index (χ0n) is 60.0. The summed E-state index contributed by atoms with van der Waals surface area (Å²) in [5.41, 5.74) is 4.89. The SMILES string of the molecule is C[n+]1ccc(C(=O)N2/C(=C3\C(=O)c4ccccc4N3C(=O)c3cc[n+](C)cc3)C(=O)c3ccccc32)cc1.C[n+]1ccc(C(=O)N2/C(=C3\C(=O)c4ccccc4N3C(=O)c3cc[n+](C)cc3)C(=O)c3ccccc32)cc1.O=C1C(c2c(O)c3ccccc3n2C(=O)c2ccncc2)=[N+](C(=O)c2ccncc2)c2ccccc21. The van der Waals surface area contributed by atoms with E-state index in [0.717, 1.165) is 0 Å². The number of hydrogen-bond donors (Lipinski definition) is 1. The molecule has 5 aliphatic heterocycles. The van der Waals surface area contributed by atoms with Gasteiger partial charge in [0.05, 0.1) is 56.1 Å². The first kappa shape index (κ1) is 70.6. The fourth-order valence-electron chi connectivity index (χ4n) is 14.2. The van der Waals surface area contributed by atoms with Crippen LogP contribution < -0.4 is 37.9 Å². The van der Waals surface area contributed by atoms with Gasteiger partial charge < -0.3 is 5.11 Å². The summed E-state index contributed by atoms with van der Waals surface area (Å²) >= 11 is 0. The second kappa shape index (κ2) is 28.5. The highest BCUT2D eigenvalue weighted by Crippen LogP contribution is 2.47. The van der Waals surface area contributed by atoms with E-state index in [-0.39, 0.29) is 62.2 Å². The molecule has 0 aliphatic carbocycles. The van der Waals surface area contributed by atoms with Crippen molar-refractivity contribution in [2.24, 2.45) is 28.2 Å². The van der Waals surface area contributed by atoms with Gasteiger partial charge in [-0.3, -0.25) is 82.1 Å². The third-order valence-electron chi connectivity index (χ3n) is 19.6. The van der Waals surface area contributed by atoms with Crippen LogP contribution in [-0.2, 0) is 28.2 Å².